The van der Waals surface area contributed by atoms with Gasteiger partial charge in [0.05, 0.1) is 7.11 Å². The first-order valence-electron chi connectivity index (χ1n) is 9.34. The lowest BCUT2D eigenvalue weighted by Crippen LogP contribution is -2.16. The molecule has 0 aliphatic heterocycles. The molecule has 0 bridgehead atoms. The van der Waals surface area contributed by atoms with Crippen molar-refractivity contribution in [1.82, 2.24) is 0 Å². The molecular weight excluding hydrogens is 292 g/mol. The molecule has 0 N–H and O–H groups in total. The van der Waals surface area contributed by atoms with Gasteiger partial charge in [-0.3, -0.25) is 9.59 Å². The lowest BCUT2D eigenvalue weighted by atomic mass is 10.0. The van der Waals surface area contributed by atoms with E-state index in [2.05, 4.69) is 11.7 Å². The molecule has 0 spiro atoms. The molecule has 0 radical (unpaired) electrons. The highest BCUT2D eigenvalue weighted by atomic mass is 16.5. The van der Waals surface area contributed by atoms with E-state index >= 15 is 0 Å². The van der Waals surface area contributed by atoms with Gasteiger partial charge in [-0.25, -0.2) is 0 Å². The number of hydrogen-bond donors (Lipinski definition) is 0. The molecule has 0 saturated carbocycles. The van der Waals surface area contributed by atoms with Crippen LogP contribution in [0.25, 0.3) is 0 Å². The molecule has 4 nitrogen and oxygen atoms in total. The Hall–Kier alpha value is -1.06. The van der Waals surface area contributed by atoms with Gasteiger partial charge >= 0.3 is 11.9 Å². The van der Waals surface area contributed by atoms with Gasteiger partial charge in [-0.15, -0.1) is 0 Å². The van der Waals surface area contributed by atoms with Crippen molar-refractivity contribution < 1.29 is 19.1 Å². The van der Waals surface area contributed by atoms with Crippen molar-refractivity contribution in [3.8, 4) is 0 Å². The zero-order valence-corrected chi connectivity index (χ0v) is 15.4. The number of methoxy groups -OCH3 is 1. The summed E-state index contributed by atoms with van der Waals surface area (Å²) in [7, 11) is 1.44. The van der Waals surface area contributed by atoms with Crippen LogP contribution in [0.2, 0.25) is 0 Å². The third kappa shape index (κ3) is 15.6. The Labute approximate surface area is 142 Å². The van der Waals surface area contributed by atoms with Crippen LogP contribution in [0.3, 0.4) is 0 Å². The normalized spacial score (nSPS) is 12.0. The van der Waals surface area contributed by atoms with E-state index in [1.165, 1.54) is 46.1 Å². The number of carbonyl (C=O) groups is 2. The van der Waals surface area contributed by atoms with Crippen LogP contribution in [0.4, 0.5) is 0 Å². The van der Waals surface area contributed by atoms with Crippen molar-refractivity contribution in [2.45, 2.75) is 103 Å². The van der Waals surface area contributed by atoms with Gasteiger partial charge < -0.3 is 9.47 Å². The SMILES string of the molecule is CCCCC(CCCCCCCCCCC(=O)OC)OC(C)=O. The van der Waals surface area contributed by atoms with Crippen molar-refractivity contribution in [2.24, 2.45) is 0 Å². The topological polar surface area (TPSA) is 52.6 Å². The van der Waals surface area contributed by atoms with Gasteiger partial charge in [0.2, 0.25) is 0 Å². The molecule has 0 fully saturated rings. The molecule has 0 aromatic heterocycles. The first-order valence-corrected chi connectivity index (χ1v) is 9.34. The van der Waals surface area contributed by atoms with E-state index in [4.69, 9.17) is 4.74 Å². The molecule has 4 heteroatoms. The molecule has 136 valence electrons. The Balaban J connectivity index is 3.44. The first-order chi connectivity index (χ1) is 11.1. The summed E-state index contributed by atoms with van der Waals surface area (Å²) in [6.07, 6.45) is 14.3. The number of hydrogen-bond acceptors (Lipinski definition) is 4. The maximum Gasteiger partial charge on any atom is 0.305 e. The molecule has 0 aromatic carbocycles. The standard InChI is InChI=1S/C19H36O4/c1-4-5-14-18(23-17(2)20)15-12-10-8-6-7-9-11-13-16-19(21)22-3/h18H,4-16H2,1-3H3. The molecule has 0 heterocycles. The van der Waals surface area contributed by atoms with E-state index in [-0.39, 0.29) is 18.0 Å². The third-order valence-electron chi connectivity index (χ3n) is 4.10. The number of rotatable bonds is 15. The number of esters is 2. The summed E-state index contributed by atoms with van der Waals surface area (Å²) in [5, 5.41) is 0. The average molecular weight is 328 g/mol. The summed E-state index contributed by atoms with van der Waals surface area (Å²) in [5.41, 5.74) is 0. The highest BCUT2D eigenvalue weighted by Crippen LogP contribution is 2.16. The van der Waals surface area contributed by atoms with Crippen LogP contribution in [0.15, 0.2) is 0 Å². The van der Waals surface area contributed by atoms with E-state index in [1.807, 2.05) is 0 Å². The van der Waals surface area contributed by atoms with Crippen molar-refractivity contribution in [2.75, 3.05) is 7.11 Å². The fourth-order valence-electron chi connectivity index (χ4n) is 2.73. The summed E-state index contributed by atoms with van der Waals surface area (Å²) in [6.45, 7) is 3.66. The Bertz CT molecular complexity index is 302. The predicted octanol–water partition coefficient (Wildman–Crippen LogP) is 5.18. The minimum absolute atomic E-state index is 0.101. The van der Waals surface area contributed by atoms with Crippen LogP contribution in [0.5, 0.6) is 0 Å². The van der Waals surface area contributed by atoms with Crippen molar-refractivity contribution >= 4 is 11.9 Å². The summed E-state index contributed by atoms with van der Waals surface area (Å²) in [4.78, 5) is 22.0. The lowest BCUT2D eigenvalue weighted by molar-refractivity contribution is -0.147. The maximum absolute atomic E-state index is 11.1. The Kier molecular flexibility index (Phi) is 15.1. The Morgan fingerprint density at radius 1 is 0.826 bits per heavy atom. The van der Waals surface area contributed by atoms with Gasteiger partial charge in [0.15, 0.2) is 0 Å². The maximum atomic E-state index is 11.1. The second-order valence-electron chi connectivity index (χ2n) is 6.32. The number of unbranched alkanes of at least 4 members (excludes halogenated alkanes) is 8. The molecule has 0 aliphatic carbocycles. The average Bonchev–Trinajstić information content (AvgIpc) is 2.53. The van der Waals surface area contributed by atoms with E-state index in [0.717, 1.165) is 44.9 Å². The second-order valence-corrected chi connectivity index (χ2v) is 6.32. The monoisotopic (exact) mass is 328 g/mol. The summed E-state index contributed by atoms with van der Waals surface area (Å²) >= 11 is 0. The van der Waals surface area contributed by atoms with Crippen molar-refractivity contribution in [1.29, 1.82) is 0 Å². The van der Waals surface area contributed by atoms with Gasteiger partial charge in [0, 0.05) is 13.3 Å². The zero-order chi connectivity index (χ0) is 17.3. The Morgan fingerprint density at radius 3 is 1.87 bits per heavy atom. The van der Waals surface area contributed by atoms with Gasteiger partial charge in [-0.1, -0.05) is 58.3 Å². The highest BCUT2D eigenvalue weighted by Gasteiger charge is 2.10. The summed E-state index contributed by atoms with van der Waals surface area (Å²) in [5.74, 6) is -0.256. The first kappa shape index (κ1) is 21.9. The zero-order valence-electron chi connectivity index (χ0n) is 15.4. The molecule has 1 atom stereocenters. The van der Waals surface area contributed by atoms with E-state index < -0.39 is 0 Å². The Morgan fingerprint density at radius 2 is 1.35 bits per heavy atom. The van der Waals surface area contributed by atoms with Crippen LogP contribution >= 0.6 is 0 Å². The largest absolute Gasteiger partial charge is 0.469 e. The van der Waals surface area contributed by atoms with Gasteiger partial charge in [0.25, 0.3) is 0 Å². The van der Waals surface area contributed by atoms with E-state index in [1.54, 1.807) is 0 Å². The molecule has 1 unspecified atom stereocenters. The smallest absolute Gasteiger partial charge is 0.305 e. The number of carbonyl (C=O) groups excluding carboxylic acids is 2. The van der Waals surface area contributed by atoms with E-state index in [9.17, 15) is 9.59 Å². The molecule has 0 aliphatic rings. The summed E-state index contributed by atoms with van der Waals surface area (Å²) in [6, 6.07) is 0. The van der Waals surface area contributed by atoms with Crippen molar-refractivity contribution in [3.63, 3.8) is 0 Å². The van der Waals surface area contributed by atoms with E-state index in [0.29, 0.717) is 6.42 Å². The minimum atomic E-state index is -0.155. The van der Waals surface area contributed by atoms with Crippen LogP contribution in [-0.2, 0) is 19.1 Å². The van der Waals surface area contributed by atoms with Gasteiger partial charge in [-0.05, 0) is 25.7 Å². The lowest BCUT2D eigenvalue weighted by Gasteiger charge is -2.16. The van der Waals surface area contributed by atoms with Crippen LogP contribution in [-0.4, -0.2) is 25.2 Å². The van der Waals surface area contributed by atoms with Gasteiger partial charge in [-0.2, -0.15) is 0 Å². The molecule has 0 saturated heterocycles. The fraction of sp³-hybridized carbons (Fsp3) is 0.895. The third-order valence-corrected chi connectivity index (χ3v) is 4.10. The van der Waals surface area contributed by atoms with Crippen LogP contribution in [0.1, 0.15) is 97.3 Å². The summed E-state index contributed by atoms with van der Waals surface area (Å²) < 4.78 is 10.00. The second kappa shape index (κ2) is 15.8. The minimum Gasteiger partial charge on any atom is -0.469 e. The molecule has 0 rings (SSSR count). The molecule has 0 amide bonds. The van der Waals surface area contributed by atoms with Gasteiger partial charge in [0.1, 0.15) is 6.10 Å². The fourth-order valence-corrected chi connectivity index (χ4v) is 2.73. The highest BCUT2D eigenvalue weighted by molar-refractivity contribution is 5.68. The molecule has 0 aromatic rings. The molecule has 23 heavy (non-hydrogen) atoms. The molecular formula is C19H36O4. The quantitative estimate of drug-likeness (QED) is 0.307. The predicted molar refractivity (Wildman–Crippen MR) is 93.3 cm³/mol. The van der Waals surface area contributed by atoms with Crippen molar-refractivity contribution in [3.05, 3.63) is 0 Å². The van der Waals surface area contributed by atoms with Crippen LogP contribution < -0.4 is 0 Å². The van der Waals surface area contributed by atoms with Crippen LogP contribution in [0, 0.1) is 0 Å². The number of ether oxygens (including phenoxy) is 2.